The normalized spacial score (nSPS) is 20.5. The van der Waals surface area contributed by atoms with Crippen LogP contribution in [0.15, 0.2) is 47.5 Å². The number of aliphatic imine (C=N–C) groups is 1. The molecule has 108 valence electrons. The SMILES string of the molecule is CC(C)c1ccccc1C1(O)C(N)=Nc2ccc(Cl)cc21. The van der Waals surface area contributed by atoms with E-state index in [1.807, 2.05) is 24.3 Å². The van der Waals surface area contributed by atoms with Crippen molar-refractivity contribution in [2.75, 3.05) is 0 Å². The van der Waals surface area contributed by atoms with Crippen molar-refractivity contribution in [3.05, 3.63) is 64.2 Å². The molecule has 0 saturated carbocycles. The number of hydrogen-bond acceptors (Lipinski definition) is 3. The molecule has 21 heavy (non-hydrogen) atoms. The molecule has 2 aromatic rings. The first-order chi connectivity index (χ1) is 9.94. The van der Waals surface area contributed by atoms with E-state index in [1.54, 1.807) is 18.2 Å². The van der Waals surface area contributed by atoms with E-state index in [1.165, 1.54) is 0 Å². The van der Waals surface area contributed by atoms with Crippen molar-refractivity contribution < 1.29 is 5.11 Å². The largest absolute Gasteiger partial charge is 0.384 e. The van der Waals surface area contributed by atoms with Crippen LogP contribution in [0.25, 0.3) is 0 Å². The fourth-order valence-electron chi connectivity index (χ4n) is 2.86. The molecule has 2 aromatic carbocycles. The number of nitrogens with two attached hydrogens (primary N) is 1. The van der Waals surface area contributed by atoms with Gasteiger partial charge < -0.3 is 10.8 Å². The van der Waals surface area contributed by atoms with E-state index in [-0.39, 0.29) is 11.8 Å². The maximum absolute atomic E-state index is 11.3. The molecule has 0 bridgehead atoms. The Bertz CT molecular complexity index is 739. The van der Waals surface area contributed by atoms with Crippen LogP contribution in [0.1, 0.15) is 36.5 Å². The monoisotopic (exact) mass is 300 g/mol. The molecule has 0 saturated heterocycles. The number of fused-ring (bicyclic) bond motifs is 1. The van der Waals surface area contributed by atoms with Gasteiger partial charge in [-0.3, -0.25) is 0 Å². The summed E-state index contributed by atoms with van der Waals surface area (Å²) in [5, 5.41) is 11.9. The van der Waals surface area contributed by atoms with Gasteiger partial charge in [-0.05, 0) is 35.2 Å². The zero-order chi connectivity index (χ0) is 15.2. The van der Waals surface area contributed by atoms with E-state index in [4.69, 9.17) is 17.3 Å². The minimum atomic E-state index is -1.42. The van der Waals surface area contributed by atoms with Crippen LogP contribution in [0, 0.1) is 0 Å². The second kappa shape index (κ2) is 4.86. The molecule has 1 atom stereocenters. The third-order valence-corrected chi connectivity index (χ3v) is 4.17. The number of nitrogens with zero attached hydrogens (tertiary/aromatic N) is 1. The Kier molecular flexibility index (Phi) is 3.27. The quantitative estimate of drug-likeness (QED) is 0.888. The Balaban J connectivity index is 2.28. The summed E-state index contributed by atoms with van der Waals surface area (Å²) in [6.07, 6.45) is 0. The standard InChI is InChI=1S/C17H17ClN2O/c1-10(2)12-5-3-4-6-13(12)17(21)14-9-11(18)7-8-15(14)20-16(17)19/h3-10,21H,1-2H3,(H2,19,20). The van der Waals surface area contributed by atoms with Gasteiger partial charge in [-0.15, -0.1) is 0 Å². The first kappa shape index (κ1) is 14.1. The number of benzene rings is 2. The predicted molar refractivity (Wildman–Crippen MR) is 86.3 cm³/mol. The van der Waals surface area contributed by atoms with Gasteiger partial charge in [-0.25, -0.2) is 4.99 Å². The molecule has 1 aliphatic rings. The van der Waals surface area contributed by atoms with E-state index < -0.39 is 5.60 Å². The maximum Gasteiger partial charge on any atom is 0.174 e. The first-order valence-electron chi connectivity index (χ1n) is 6.91. The van der Waals surface area contributed by atoms with Crippen LogP contribution in [0.5, 0.6) is 0 Å². The van der Waals surface area contributed by atoms with Crippen LogP contribution >= 0.6 is 11.6 Å². The molecule has 3 N–H and O–H groups in total. The first-order valence-corrected chi connectivity index (χ1v) is 7.29. The van der Waals surface area contributed by atoms with Gasteiger partial charge in [0.25, 0.3) is 0 Å². The number of aliphatic hydroxyl groups is 1. The van der Waals surface area contributed by atoms with Gasteiger partial charge in [0, 0.05) is 10.6 Å². The van der Waals surface area contributed by atoms with E-state index >= 15 is 0 Å². The van der Waals surface area contributed by atoms with E-state index in [2.05, 4.69) is 18.8 Å². The van der Waals surface area contributed by atoms with Gasteiger partial charge in [0.1, 0.15) is 5.84 Å². The summed E-state index contributed by atoms with van der Waals surface area (Å²) in [6, 6.07) is 13.0. The molecule has 1 aliphatic heterocycles. The Morgan fingerprint density at radius 1 is 1.14 bits per heavy atom. The highest BCUT2D eigenvalue weighted by atomic mass is 35.5. The van der Waals surface area contributed by atoms with Crippen molar-refractivity contribution in [1.82, 2.24) is 0 Å². The predicted octanol–water partition coefficient (Wildman–Crippen LogP) is 3.70. The summed E-state index contributed by atoms with van der Waals surface area (Å²) in [5.41, 5.74) is 7.77. The lowest BCUT2D eigenvalue weighted by molar-refractivity contribution is 0.157. The Hall–Kier alpha value is -1.84. The molecule has 0 spiro atoms. The van der Waals surface area contributed by atoms with Crippen molar-refractivity contribution in [3.8, 4) is 0 Å². The lowest BCUT2D eigenvalue weighted by Crippen LogP contribution is -2.40. The number of hydrogen-bond donors (Lipinski definition) is 2. The molecule has 0 aliphatic carbocycles. The minimum absolute atomic E-state index is 0.188. The highest BCUT2D eigenvalue weighted by Crippen LogP contribution is 2.44. The van der Waals surface area contributed by atoms with E-state index in [0.29, 0.717) is 16.3 Å². The minimum Gasteiger partial charge on any atom is -0.384 e. The van der Waals surface area contributed by atoms with Crippen molar-refractivity contribution >= 4 is 23.1 Å². The molecule has 0 amide bonds. The molecule has 1 heterocycles. The zero-order valence-corrected chi connectivity index (χ0v) is 12.7. The van der Waals surface area contributed by atoms with Crippen LogP contribution in [0.3, 0.4) is 0 Å². The summed E-state index contributed by atoms with van der Waals surface area (Å²) in [7, 11) is 0. The highest BCUT2D eigenvalue weighted by molar-refractivity contribution is 6.30. The highest BCUT2D eigenvalue weighted by Gasteiger charge is 2.43. The third kappa shape index (κ3) is 2.04. The van der Waals surface area contributed by atoms with Crippen LogP contribution < -0.4 is 5.73 Å². The van der Waals surface area contributed by atoms with Gasteiger partial charge in [-0.1, -0.05) is 49.7 Å². The fraction of sp³-hybridized carbons (Fsp3) is 0.235. The lowest BCUT2D eigenvalue weighted by Gasteiger charge is -2.28. The summed E-state index contributed by atoms with van der Waals surface area (Å²) in [6.45, 7) is 4.17. The second-order valence-corrected chi connectivity index (χ2v) is 6.05. The van der Waals surface area contributed by atoms with Crippen LogP contribution in [0.4, 0.5) is 5.69 Å². The number of halogens is 1. The van der Waals surface area contributed by atoms with Gasteiger partial charge in [0.05, 0.1) is 5.69 Å². The molecule has 4 heteroatoms. The van der Waals surface area contributed by atoms with Crippen molar-refractivity contribution in [1.29, 1.82) is 0 Å². The van der Waals surface area contributed by atoms with E-state index in [0.717, 1.165) is 11.1 Å². The fourth-order valence-corrected chi connectivity index (χ4v) is 3.03. The molecule has 3 nitrogen and oxygen atoms in total. The van der Waals surface area contributed by atoms with Crippen molar-refractivity contribution in [2.24, 2.45) is 10.7 Å². The van der Waals surface area contributed by atoms with Gasteiger partial charge >= 0.3 is 0 Å². The summed E-state index contributed by atoms with van der Waals surface area (Å²) >= 11 is 6.09. The molecule has 1 unspecified atom stereocenters. The molecule has 0 fully saturated rings. The summed E-state index contributed by atoms with van der Waals surface area (Å²) in [5.74, 6) is 0.453. The Morgan fingerprint density at radius 2 is 1.86 bits per heavy atom. The van der Waals surface area contributed by atoms with Gasteiger partial charge in [-0.2, -0.15) is 0 Å². The Morgan fingerprint density at radius 3 is 2.57 bits per heavy atom. The third-order valence-electron chi connectivity index (χ3n) is 3.93. The smallest absolute Gasteiger partial charge is 0.174 e. The summed E-state index contributed by atoms with van der Waals surface area (Å²) < 4.78 is 0. The van der Waals surface area contributed by atoms with Crippen LogP contribution in [-0.2, 0) is 5.60 Å². The number of rotatable bonds is 2. The number of amidine groups is 1. The van der Waals surface area contributed by atoms with Crippen LogP contribution in [-0.4, -0.2) is 10.9 Å². The zero-order valence-electron chi connectivity index (χ0n) is 12.0. The Labute approximate surface area is 129 Å². The molecule has 3 rings (SSSR count). The van der Waals surface area contributed by atoms with E-state index in [9.17, 15) is 5.11 Å². The average Bonchev–Trinajstić information content (AvgIpc) is 2.72. The lowest BCUT2D eigenvalue weighted by atomic mass is 9.81. The van der Waals surface area contributed by atoms with Gasteiger partial charge in [0.2, 0.25) is 0 Å². The molecule has 0 radical (unpaired) electrons. The molecular weight excluding hydrogens is 284 g/mol. The maximum atomic E-state index is 11.3. The molecular formula is C17H17ClN2O. The molecule has 0 aromatic heterocycles. The second-order valence-electron chi connectivity index (χ2n) is 5.61. The van der Waals surface area contributed by atoms with Gasteiger partial charge in [0.15, 0.2) is 5.60 Å². The van der Waals surface area contributed by atoms with Crippen molar-refractivity contribution in [3.63, 3.8) is 0 Å². The summed E-state index contributed by atoms with van der Waals surface area (Å²) in [4.78, 5) is 4.31. The van der Waals surface area contributed by atoms with Crippen LogP contribution in [0.2, 0.25) is 5.02 Å². The average molecular weight is 301 g/mol. The topological polar surface area (TPSA) is 58.6 Å². The van der Waals surface area contributed by atoms with Crippen molar-refractivity contribution in [2.45, 2.75) is 25.4 Å².